The smallest absolute Gasteiger partial charge is 0.350 e. The fourth-order valence-corrected chi connectivity index (χ4v) is 2.08. The van der Waals surface area contributed by atoms with Gasteiger partial charge in [0.05, 0.1) is 12.9 Å². The number of H-pyrrole nitrogens is 1. The largest absolute Gasteiger partial charge is 0.369 e. The minimum atomic E-state index is -4.39. The highest BCUT2D eigenvalue weighted by atomic mass is 31.2. The fourth-order valence-electron chi connectivity index (χ4n) is 1.67. The molecule has 2 rings (SSSR count). The highest BCUT2D eigenvalue weighted by Gasteiger charge is 2.20. The Morgan fingerprint density at radius 2 is 2.29 bits per heavy atom. The molecule has 0 aliphatic heterocycles. The number of nitrogens with two attached hydrogens (primary N) is 1. The molecule has 0 spiro atoms. The Balaban J connectivity index is 2.22. The van der Waals surface area contributed by atoms with Gasteiger partial charge in [-0.2, -0.15) is 4.98 Å². The van der Waals surface area contributed by atoms with Crippen LogP contribution < -0.4 is 11.3 Å². The summed E-state index contributed by atoms with van der Waals surface area (Å²) in [5.74, 6) is -0.123. The topological polar surface area (TPSA) is 156 Å². The normalized spacial score (nSPS) is 13.7. The number of halogens is 1. The second kappa shape index (κ2) is 5.90. The maximum absolute atomic E-state index is 12.9. The number of nitrogens with zero attached hydrogens (tertiary/aromatic N) is 3. The number of aromatic nitrogens is 4. The van der Waals surface area contributed by atoms with Gasteiger partial charge >= 0.3 is 7.60 Å². The molecule has 0 bridgehead atoms. The Morgan fingerprint density at radius 1 is 1.57 bits per heavy atom. The van der Waals surface area contributed by atoms with Crippen molar-refractivity contribution in [2.24, 2.45) is 0 Å². The highest BCUT2D eigenvalue weighted by Crippen LogP contribution is 2.34. The van der Waals surface area contributed by atoms with E-state index in [0.29, 0.717) is 0 Å². The number of imidazole rings is 1. The van der Waals surface area contributed by atoms with Crippen LogP contribution in [0.1, 0.15) is 0 Å². The summed E-state index contributed by atoms with van der Waals surface area (Å²) in [4.78, 5) is 38.9. The minimum absolute atomic E-state index is 0.0248. The van der Waals surface area contributed by atoms with E-state index in [-0.39, 0.29) is 23.7 Å². The number of ether oxygens (including phenoxy) is 1. The van der Waals surface area contributed by atoms with Crippen molar-refractivity contribution >= 4 is 24.7 Å². The van der Waals surface area contributed by atoms with E-state index in [1.165, 1.54) is 10.9 Å². The number of hydrogen-bond acceptors (Lipinski definition) is 6. The summed E-state index contributed by atoms with van der Waals surface area (Å²) in [5, 5.41) is 0. The number of rotatable bonds is 6. The average molecular weight is 321 g/mol. The van der Waals surface area contributed by atoms with Crippen LogP contribution in [0.2, 0.25) is 0 Å². The Hall–Kier alpha value is -1.81. The van der Waals surface area contributed by atoms with Gasteiger partial charge < -0.3 is 24.8 Å². The molecule has 0 saturated carbocycles. The minimum Gasteiger partial charge on any atom is -0.369 e. The van der Waals surface area contributed by atoms with Gasteiger partial charge in [0.25, 0.3) is 5.56 Å². The summed E-state index contributed by atoms with van der Waals surface area (Å²) in [5.41, 5.74) is 5.04. The number of nitrogens with one attached hydrogen (secondary N) is 1. The molecule has 2 aromatic rings. The highest BCUT2D eigenvalue weighted by molar-refractivity contribution is 7.51. The number of fused-ring (bicyclic) bond motifs is 1. The standard InChI is InChI=1S/C9H13FN5O5P/c10-1-5(20-4-21(17,18)19)2-15-3-12-6-7(15)13-9(11)14-8(6)16/h3,5H,1-2,4H2,(H2,17,18,19)(H3,11,13,14,16)/t5-/m1/s1. The SMILES string of the molecule is Nc1nc2c(ncn2C[C@@H](CF)OCP(=O)(O)O)c(=O)[nH]1. The first kappa shape index (κ1) is 15.6. The first-order valence-electron chi connectivity index (χ1n) is 5.73. The molecular weight excluding hydrogens is 308 g/mol. The lowest BCUT2D eigenvalue weighted by atomic mass is 10.4. The van der Waals surface area contributed by atoms with Crippen molar-refractivity contribution in [2.45, 2.75) is 12.6 Å². The maximum Gasteiger partial charge on any atom is 0.350 e. The molecule has 2 heterocycles. The number of anilines is 1. The van der Waals surface area contributed by atoms with Gasteiger partial charge in [-0.15, -0.1) is 0 Å². The van der Waals surface area contributed by atoms with E-state index in [0.717, 1.165) is 0 Å². The lowest BCUT2D eigenvalue weighted by Gasteiger charge is -2.15. The molecule has 2 aromatic heterocycles. The molecule has 0 saturated heterocycles. The van der Waals surface area contributed by atoms with Crippen molar-refractivity contribution in [3.8, 4) is 0 Å². The van der Waals surface area contributed by atoms with Gasteiger partial charge in [-0.1, -0.05) is 0 Å². The Kier molecular flexibility index (Phi) is 4.37. The predicted octanol–water partition coefficient (Wildman–Crippen LogP) is -0.808. The van der Waals surface area contributed by atoms with Crippen molar-refractivity contribution < 1.29 is 23.5 Å². The van der Waals surface area contributed by atoms with Gasteiger partial charge in [-0.3, -0.25) is 14.3 Å². The molecule has 0 amide bonds. The summed E-state index contributed by atoms with van der Waals surface area (Å²) < 4.78 is 29.7. The van der Waals surface area contributed by atoms with Gasteiger partial charge in [0.15, 0.2) is 11.2 Å². The first-order valence-corrected chi connectivity index (χ1v) is 7.52. The van der Waals surface area contributed by atoms with E-state index in [1.54, 1.807) is 0 Å². The lowest BCUT2D eigenvalue weighted by Crippen LogP contribution is -2.23. The van der Waals surface area contributed by atoms with Crippen LogP contribution in [0.4, 0.5) is 10.3 Å². The zero-order chi connectivity index (χ0) is 15.6. The Bertz CT molecular complexity index is 740. The van der Waals surface area contributed by atoms with E-state index in [2.05, 4.69) is 15.0 Å². The monoisotopic (exact) mass is 321 g/mol. The van der Waals surface area contributed by atoms with E-state index in [1.807, 2.05) is 0 Å². The maximum atomic E-state index is 12.9. The molecule has 0 unspecified atom stereocenters. The molecule has 10 nitrogen and oxygen atoms in total. The summed E-state index contributed by atoms with van der Waals surface area (Å²) in [6.07, 6.45) is -0.766. The zero-order valence-corrected chi connectivity index (χ0v) is 11.5. The summed E-state index contributed by atoms with van der Waals surface area (Å²) in [7, 11) is -4.39. The molecule has 1 atom stereocenters. The van der Waals surface area contributed by atoms with Crippen LogP contribution in [0.15, 0.2) is 11.1 Å². The van der Waals surface area contributed by atoms with Crippen molar-refractivity contribution in [3.05, 3.63) is 16.7 Å². The average Bonchev–Trinajstić information content (AvgIpc) is 2.76. The van der Waals surface area contributed by atoms with Gasteiger partial charge in [-0.05, 0) is 0 Å². The second-order valence-electron chi connectivity index (χ2n) is 4.26. The molecule has 0 aromatic carbocycles. The third kappa shape index (κ3) is 3.85. The quantitative estimate of drug-likeness (QED) is 0.503. The molecule has 116 valence electrons. The molecule has 12 heteroatoms. The molecule has 0 fully saturated rings. The molecule has 0 aliphatic carbocycles. The van der Waals surface area contributed by atoms with Crippen LogP contribution in [0, 0.1) is 0 Å². The summed E-state index contributed by atoms with van der Waals surface area (Å²) in [6.45, 7) is -1.10. The van der Waals surface area contributed by atoms with Crippen molar-refractivity contribution in [1.82, 2.24) is 19.5 Å². The molecule has 0 aliphatic rings. The van der Waals surface area contributed by atoms with Gasteiger partial charge in [-0.25, -0.2) is 9.37 Å². The first-order chi connectivity index (χ1) is 9.80. The van der Waals surface area contributed by atoms with E-state index in [4.69, 9.17) is 20.3 Å². The van der Waals surface area contributed by atoms with Crippen molar-refractivity contribution in [3.63, 3.8) is 0 Å². The molecule has 0 radical (unpaired) electrons. The predicted molar refractivity (Wildman–Crippen MR) is 70.3 cm³/mol. The van der Waals surface area contributed by atoms with E-state index in [9.17, 15) is 13.8 Å². The van der Waals surface area contributed by atoms with E-state index < -0.39 is 32.3 Å². The van der Waals surface area contributed by atoms with Crippen molar-refractivity contribution in [1.29, 1.82) is 0 Å². The Morgan fingerprint density at radius 3 is 2.90 bits per heavy atom. The number of hydrogen-bond donors (Lipinski definition) is 4. The third-order valence-electron chi connectivity index (χ3n) is 2.54. The fraction of sp³-hybridized carbons (Fsp3) is 0.444. The van der Waals surface area contributed by atoms with Crippen molar-refractivity contribution in [2.75, 3.05) is 18.8 Å². The van der Waals surface area contributed by atoms with Gasteiger partial charge in [0.1, 0.15) is 19.1 Å². The molecule has 5 N–H and O–H groups in total. The van der Waals surface area contributed by atoms with Crippen LogP contribution in [0.3, 0.4) is 0 Å². The third-order valence-corrected chi connectivity index (χ3v) is 3.03. The van der Waals surface area contributed by atoms with Gasteiger partial charge in [0.2, 0.25) is 5.95 Å². The second-order valence-corrected chi connectivity index (χ2v) is 5.84. The summed E-state index contributed by atoms with van der Waals surface area (Å²) in [6, 6.07) is 0. The number of aromatic amines is 1. The van der Waals surface area contributed by atoms with Crippen LogP contribution in [-0.2, 0) is 15.8 Å². The zero-order valence-electron chi connectivity index (χ0n) is 10.6. The van der Waals surface area contributed by atoms with Crippen LogP contribution in [0.5, 0.6) is 0 Å². The summed E-state index contributed by atoms with van der Waals surface area (Å²) >= 11 is 0. The number of alkyl halides is 1. The lowest BCUT2D eigenvalue weighted by molar-refractivity contribution is 0.0445. The number of nitrogen functional groups attached to an aromatic ring is 1. The Labute approximate surface area is 116 Å². The molecule has 21 heavy (non-hydrogen) atoms. The molecular formula is C9H13FN5O5P. The van der Waals surface area contributed by atoms with Gasteiger partial charge in [0, 0.05) is 0 Å². The van der Waals surface area contributed by atoms with Crippen LogP contribution in [-0.4, -0.2) is 48.4 Å². The van der Waals surface area contributed by atoms with E-state index >= 15 is 0 Å². The van der Waals surface area contributed by atoms with Crippen LogP contribution in [0.25, 0.3) is 11.2 Å². The van der Waals surface area contributed by atoms with Crippen LogP contribution >= 0.6 is 7.60 Å².